The number of hydrogen-bond donors (Lipinski definition) is 1. The predicted molar refractivity (Wildman–Crippen MR) is 151 cm³/mol. The van der Waals surface area contributed by atoms with Crippen LogP contribution in [-0.4, -0.2) is 17.8 Å². The quantitative estimate of drug-likeness (QED) is 0.318. The topological polar surface area (TPSA) is 37.4 Å². The number of allylic oxidation sites excluding steroid dienone is 2. The number of rotatable bonds is 3. The number of ether oxygens (including phenoxy) is 1. The molecule has 3 heteroatoms. The molecule has 1 aromatic heterocycles. The Morgan fingerprint density at radius 3 is 2.16 bits per heavy atom. The van der Waals surface area contributed by atoms with E-state index >= 15 is 0 Å². The monoisotopic (exact) mass is 482 g/mol. The summed E-state index contributed by atoms with van der Waals surface area (Å²) in [7, 11) is 1.74. The van der Waals surface area contributed by atoms with Crippen molar-refractivity contribution in [3.05, 3.63) is 130 Å². The van der Waals surface area contributed by atoms with Crippen LogP contribution in [0.15, 0.2) is 101 Å². The molecule has 2 aliphatic carbocycles. The number of nitrogens with zero attached hydrogens (tertiary/aromatic N) is 1. The molecule has 0 radical (unpaired) electrons. The molecular formula is C34H30N2O. The van der Waals surface area contributed by atoms with Gasteiger partial charge in [-0.2, -0.15) is 0 Å². The number of methoxy groups -OCH3 is 1. The third kappa shape index (κ3) is 2.91. The van der Waals surface area contributed by atoms with Gasteiger partial charge in [-0.3, -0.25) is 0 Å². The van der Waals surface area contributed by atoms with Gasteiger partial charge in [0.2, 0.25) is 0 Å². The highest BCUT2D eigenvalue weighted by atomic mass is 16.5. The molecule has 37 heavy (non-hydrogen) atoms. The van der Waals surface area contributed by atoms with Crippen molar-refractivity contribution >= 4 is 11.3 Å². The summed E-state index contributed by atoms with van der Waals surface area (Å²) < 4.78 is 5.86. The zero-order valence-electron chi connectivity index (χ0n) is 21.9. The highest BCUT2D eigenvalue weighted by Crippen LogP contribution is 2.51. The van der Waals surface area contributed by atoms with Crippen LogP contribution in [0.5, 0.6) is 5.75 Å². The fourth-order valence-electron chi connectivity index (χ4n) is 6.57. The normalized spacial score (nSPS) is 18.9. The first kappa shape index (κ1) is 22.1. The van der Waals surface area contributed by atoms with Crippen LogP contribution >= 0.6 is 0 Å². The summed E-state index contributed by atoms with van der Waals surface area (Å²) in [6.07, 6.45) is 2.29. The molecule has 0 fully saturated rings. The first-order valence-electron chi connectivity index (χ1n) is 12.9. The average molecular weight is 483 g/mol. The van der Waals surface area contributed by atoms with Gasteiger partial charge in [0.05, 0.1) is 24.2 Å². The smallest absolute Gasteiger partial charge is 0.126 e. The van der Waals surface area contributed by atoms with Crippen molar-refractivity contribution in [1.29, 1.82) is 0 Å². The largest absolute Gasteiger partial charge is 0.496 e. The molecule has 4 aromatic rings. The maximum absolute atomic E-state index is 5.86. The molecular weight excluding hydrogens is 452 g/mol. The van der Waals surface area contributed by atoms with Gasteiger partial charge in [-0.1, -0.05) is 94.4 Å². The van der Waals surface area contributed by atoms with Crippen LogP contribution in [0.3, 0.4) is 0 Å². The lowest BCUT2D eigenvalue weighted by Crippen LogP contribution is -2.16. The molecule has 3 aliphatic rings. The van der Waals surface area contributed by atoms with Crippen LogP contribution in [0, 0.1) is 0 Å². The summed E-state index contributed by atoms with van der Waals surface area (Å²) in [5.74, 6) is 0.842. The molecule has 0 saturated carbocycles. The van der Waals surface area contributed by atoms with E-state index in [1.165, 1.54) is 39.1 Å². The minimum absolute atomic E-state index is 0.0747. The van der Waals surface area contributed by atoms with Gasteiger partial charge in [0, 0.05) is 38.8 Å². The fourth-order valence-corrected chi connectivity index (χ4v) is 6.57. The van der Waals surface area contributed by atoms with Gasteiger partial charge in [-0.15, -0.1) is 0 Å². The number of aliphatic imine (C=N–C) groups is 1. The third-order valence-corrected chi connectivity index (χ3v) is 8.56. The van der Waals surface area contributed by atoms with E-state index in [1.807, 2.05) is 12.1 Å². The SMILES string of the molecule is COc1ccccc1/C(=C1\C=C2C(=N1)c1ccccc1C2(C)C)c1cc2c([nH]1)-c1ccccc1C2(C)C. The summed E-state index contributed by atoms with van der Waals surface area (Å²) in [5, 5.41) is 0. The van der Waals surface area contributed by atoms with Crippen LogP contribution in [-0.2, 0) is 10.8 Å². The lowest BCUT2D eigenvalue weighted by Gasteiger charge is -2.21. The van der Waals surface area contributed by atoms with E-state index in [9.17, 15) is 0 Å². The lowest BCUT2D eigenvalue weighted by molar-refractivity contribution is 0.413. The molecule has 1 aliphatic heterocycles. The van der Waals surface area contributed by atoms with Gasteiger partial charge in [0.15, 0.2) is 0 Å². The van der Waals surface area contributed by atoms with E-state index in [1.54, 1.807) is 7.11 Å². The number of H-pyrrole nitrogens is 1. The van der Waals surface area contributed by atoms with Crippen molar-refractivity contribution in [2.75, 3.05) is 7.11 Å². The molecule has 0 saturated heterocycles. The predicted octanol–water partition coefficient (Wildman–Crippen LogP) is 7.81. The van der Waals surface area contributed by atoms with Crippen LogP contribution in [0.2, 0.25) is 0 Å². The molecule has 0 unspecified atom stereocenters. The summed E-state index contributed by atoms with van der Waals surface area (Å²) in [5.41, 5.74) is 14.1. The molecule has 2 heterocycles. The first-order chi connectivity index (χ1) is 17.8. The Labute approximate surface area is 218 Å². The summed E-state index contributed by atoms with van der Waals surface area (Å²) >= 11 is 0. The lowest BCUT2D eigenvalue weighted by atomic mass is 9.82. The maximum Gasteiger partial charge on any atom is 0.126 e. The van der Waals surface area contributed by atoms with Gasteiger partial charge in [0.25, 0.3) is 0 Å². The van der Waals surface area contributed by atoms with E-state index in [0.717, 1.165) is 34.0 Å². The van der Waals surface area contributed by atoms with E-state index in [2.05, 4.69) is 105 Å². The van der Waals surface area contributed by atoms with E-state index in [0.29, 0.717) is 0 Å². The highest BCUT2D eigenvalue weighted by molar-refractivity contribution is 6.21. The van der Waals surface area contributed by atoms with Crippen molar-refractivity contribution < 1.29 is 4.74 Å². The molecule has 0 spiro atoms. The second-order valence-corrected chi connectivity index (χ2v) is 11.3. The number of fused-ring (bicyclic) bond motifs is 6. The number of para-hydroxylation sites is 1. The van der Waals surface area contributed by atoms with E-state index < -0.39 is 0 Å². The second-order valence-electron chi connectivity index (χ2n) is 11.3. The summed E-state index contributed by atoms with van der Waals surface area (Å²) in [4.78, 5) is 9.13. The van der Waals surface area contributed by atoms with Crippen molar-refractivity contribution in [2.24, 2.45) is 4.99 Å². The highest BCUT2D eigenvalue weighted by Gasteiger charge is 2.42. The Bertz CT molecular complexity index is 1710. The number of nitrogens with one attached hydrogen (secondary N) is 1. The van der Waals surface area contributed by atoms with E-state index in [4.69, 9.17) is 9.73 Å². The number of aromatic nitrogens is 1. The minimum Gasteiger partial charge on any atom is -0.496 e. The average Bonchev–Trinajstić information content (AvgIpc) is 3.63. The molecule has 0 bridgehead atoms. The Morgan fingerprint density at radius 2 is 1.41 bits per heavy atom. The molecule has 182 valence electrons. The van der Waals surface area contributed by atoms with Gasteiger partial charge < -0.3 is 9.72 Å². The van der Waals surface area contributed by atoms with Gasteiger partial charge >= 0.3 is 0 Å². The minimum atomic E-state index is -0.0957. The van der Waals surface area contributed by atoms with Crippen LogP contribution in [0.25, 0.3) is 16.8 Å². The first-order valence-corrected chi connectivity index (χ1v) is 12.9. The Morgan fingerprint density at radius 1 is 0.757 bits per heavy atom. The number of aromatic amines is 1. The fraction of sp³-hybridized carbons (Fsp3) is 0.206. The Balaban J connectivity index is 1.51. The second kappa shape index (κ2) is 7.45. The summed E-state index contributed by atoms with van der Waals surface area (Å²) in [6, 6.07) is 28.0. The maximum atomic E-state index is 5.86. The molecule has 3 aromatic carbocycles. The van der Waals surface area contributed by atoms with Crippen LogP contribution < -0.4 is 4.74 Å². The Kier molecular flexibility index (Phi) is 4.46. The van der Waals surface area contributed by atoms with Crippen molar-refractivity contribution in [2.45, 2.75) is 38.5 Å². The third-order valence-electron chi connectivity index (χ3n) is 8.56. The Hall–Kier alpha value is -4.11. The zero-order chi connectivity index (χ0) is 25.5. The zero-order valence-corrected chi connectivity index (χ0v) is 21.9. The van der Waals surface area contributed by atoms with Crippen LogP contribution in [0.1, 0.15) is 61.2 Å². The molecule has 1 N–H and O–H groups in total. The molecule has 0 amide bonds. The summed E-state index contributed by atoms with van der Waals surface area (Å²) in [6.45, 7) is 9.22. The van der Waals surface area contributed by atoms with Gasteiger partial charge in [-0.25, -0.2) is 4.99 Å². The standard InChI is InChI=1S/C34H30N2O/c1-33(2)23-15-9-6-12-20(23)31-25(33)18-27(35-31)30(22-14-8-11-17-29(22)37-5)28-19-26-32(36-28)21-13-7-10-16-24(21)34(26,3)4/h6-19,35H,1-5H3/b30-28-. The van der Waals surface area contributed by atoms with E-state index in [-0.39, 0.29) is 10.8 Å². The number of hydrogen-bond acceptors (Lipinski definition) is 2. The van der Waals surface area contributed by atoms with Crippen molar-refractivity contribution in [3.63, 3.8) is 0 Å². The van der Waals surface area contributed by atoms with Crippen molar-refractivity contribution in [1.82, 2.24) is 4.98 Å². The van der Waals surface area contributed by atoms with Gasteiger partial charge in [-0.05, 0) is 40.5 Å². The number of benzene rings is 3. The van der Waals surface area contributed by atoms with Crippen LogP contribution in [0.4, 0.5) is 0 Å². The molecule has 3 nitrogen and oxygen atoms in total. The molecule has 0 atom stereocenters. The van der Waals surface area contributed by atoms with Crippen molar-refractivity contribution in [3.8, 4) is 17.0 Å². The van der Waals surface area contributed by atoms with Gasteiger partial charge in [0.1, 0.15) is 5.75 Å². The molecule has 7 rings (SSSR count).